The summed E-state index contributed by atoms with van der Waals surface area (Å²) in [7, 11) is 0. The lowest BCUT2D eigenvalue weighted by atomic mass is 9.86. The Balaban J connectivity index is 1.91. The Morgan fingerprint density at radius 2 is 1.86 bits per heavy atom. The number of benzene rings is 1. The summed E-state index contributed by atoms with van der Waals surface area (Å²) in [6.07, 6.45) is 9.44. The molecule has 4 nitrogen and oxygen atoms in total. The van der Waals surface area contributed by atoms with Gasteiger partial charge < -0.3 is 10.2 Å². The molecule has 1 heterocycles. The molecular weight excluding hydrogens is 350 g/mol. The molecular formula is C24H29NO3. The van der Waals surface area contributed by atoms with Gasteiger partial charge in [0.15, 0.2) is 0 Å². The molecule has 0 bridgehead atoms. The average molecular weight is 380 g/mol. The Hall–Kier alpha value is -2.62. The summed E-state index contributed by atoms with van der Waals surface area (Å²) in [6, 6.07) is 5.74. The maximum Gasteiger partial charge on any atom is 0.328 e. The Morgan fingerprint density at radius 1 is 1.14 bits per heavy atom. The van der Waals surface area contributed by atoms with Gasteiger partial charge in [0.1, 0.15) is 5.75 Å². The molecule has 0 spiro atoms. The maximum absolute atomic E-state index is 10.8. The topological polar surface area (TPSA) is 70.4 Å². The number of carbonyl (C=O) groups is 1. The van der Waals surface area contributed by atoms with Crippen molar-refractivity contribution < 1.29 is 15.0 Å². The van der Waals surface area contributed by atoms with Crippen molar-refractivity contribution in [2.75, 3.05) is 0 Å². The number of aryl methyl sites for hydroxylation is 1. The lowest BCUT2D eigenvalue weighted by molar-refractivity contribution is -0.131. The fourth-order valence-corrected chi connectivity index (χ4v) is 4.24. The first-order chi connectivity index (χ1) is 13.4. The van der Waals surface area contributed by atoms with Crippen molar-refractivity contribution in [3.8, 4) is 5.75 Å². The van der Waals surface area contributed by atoms with Gasteiger partial charge in [-0.3, -0.25) is 4.98 Å². The molecule has 2 aromatic rings. The number of pyridine rings is 1. The molecule has 0 radical (unpaired) electrons. The van der Waals surface area contributed by atoms with Crippen molar-refractivity contribution in [3.63, 3.8) is 0 Å². The molecule has 3 rings (SSSR count). The van der Waals surface area contributed by atoms with Gasteiger partial charge in [-0.2, -0.15) is 0 Å². The van der Waals surface area contributed by atoms with Crippen LogP contribution in [0.15, 0.2) is 24.3 Å². The van der Waals surface area contributed by atoms with Crippen LogP contribution in [-0.4, -0.2) is 21.2 Å². The van der Waals surface area contributed by atoms with Crippen LogP contribution in [0.5, 0.6) is 5.75 Å². The van der Waals surface area contributed by atoms with Crippen LogP contribution >= 0.6 is 0 Å². The van der Waals surface area contributed by atoms with E-state index >= 15 is 0 Å². The third-order valence-electron chi connectivity index (χ3n) is 6.01. The molecule has 1 aromatic heterocycles. The highest BCUT2D eigenvalue weighted by Gasteiger charge is 2.21. The van der Waals surface area contributed by atoms with Gasteiger partial charge in [-0.15, -0.1) is 0 Å². The predicted octanol–water partition coefficient (Wildman–Crippen LogP) is 5.45. The normalized spacial score (nSPS) is 15.2. The van der Waals surface area contributed by atoms with Gasteiger partial charge in [0.25, 0.3) is 0 Å². The summed E-state index contributed by atoms with van der Waals surface area (Å²) in [5.74, 6) is -0.266. The summed E-state index contributed by atoms with van der Waals surface area (Å²) in [6.45, 7) is 6.16. The maximum atomic E-state index is 10.8. The van der Waals surface area contributed by atoms with Crippen LogP contribution in [0.2, 0.25) is 0 Å². The largest absolute Gasteiger partial charge is 0.506 e. The van der Waals surface area contributed by atoms with Crippen LogP contribution < -0.4 is 0 Å². The van der Waals surface area contributed by atoms with Gasteiger partial charge in [0.2, 0.25) is 0 Å². The molecule has 28 heavy (non-hydrogen) atoms. The van der Waals surface area contributed by atoms with E-state index in [0.29, 0.717) is 18.1 Å². The van der Waals surface area contributed by atoms with Gasteiger partial charge in [0.05, 0.1) is 5.69 Å². The number of hydrogen-bond acceptors (Lipinski definition) is 3. The monoisotopic (exact) mass is 379 g/mol. The molecule has 2 N–H and O–H groups in total. The molecule has 1 aliphatic carbocycles. The van der Waals surface area contributed by atoms with Crippen molar-refractivity contribution >= 4 is 12.0 Å². The molecule has 0 atom stereocenters. The standard InChI is InChI=1S/C24H29NO3/c1-15-13-19(9-12-23(27)28)16(2)17(3)21(15)14-20-10-11-22(26)24(25-20)18-7-5-4-6-8-18/h9-13,18,26H,4-8,14H2,1-3H3,(H,27,28)/b12-9+. The lowest BCUT2D eigenvalue weighted by Crippen LogP contribution is -2.09. The second-order valence-electron chi connectivity index (χ2n) is 7.90. The number of aromatic nitrogens is 1. The molecule has 148 valence electrons. The molecule has 0 saturated heterocycles. The van der Waals surface area contributed by atoms with Crippen LogP contribution in [-0.2, 0) is 11.2 Å². The zero-order valence-corrected chi connectivity index (χ0v) is 17.0. The van der Waals surface area contributed by atoms with E-state index in [0.717, 1.165) is 40.9 Å². The van der Waals surface area contributed by atoms with Crippen molar-refractivity contribution in [2.45, 2.75) is 65.2 Å². The SMILES string of the molecule is Cc1cc(/C=C/C(=O)O)c(C)c(C)c1Cc1ccc(O)c(C2CCCCC2)n1. The highest BCUT2D eigenvalue weighted by atomic mass is 16.4. The van der Waals surface area contributed by atoms with E-state index < -0.39 is 5.97 Å². The zero-order chi connectivity index (χ0) is 20.3. The quantitative estimate of drug-likeness (QED) is 0.678. The number of hydrogen-bond donors (Lipinski definition) is 2. The summed E-state index contributed by atoms with van der Waals surface area (Å²) >= 11 is 0. The van der Waals surface area contributed by atoms with Crippen molar-refractivity contribution in [3.05, 3.63) is 63.5 Å². The second kappa shape index (κ2) is 8.59. The van der Waals surface area contributed by atoms with Gasteiger partial charge in [-0.1, -0.05) is 25.3 Å². The zero-order valence-electron chi connectivity index (χ0n) is 17.0. The summed E-state index contributed by atoms with van der Waals surface area (Å²) < 4.78 is 0. The van der Waals surface area contributed by atoms with Crippen LogP contribution in [0.3, 0.4) is 0 Å². The summed E-state index contributed by atoms with van der Waals surface area (Å²) in [4.78, 5) is 15.7. The second-order valence-corrected chi connectivity index (χ2v) is 7.90. The fourth-order valence-electron chi connectivity index (χ4n) is 4.24. The van der Waals surface area contributed by atoms with E-state index in [1.165, 1.54) is 36.5 Å². The van der Waals surface area contributed by atoms with Crippen molar-refractivity contribution in [1.82, 2.24) is 4.98 Å². The van der Waals surface area contributed by atoms with Crippen molar-refractivity contribution in [1.29, 1.82) is 0 Å². The number of nitrogens with zero attached hydrogens (tertiary/aromatic N) is 1. The van der Waals surface area contributed by atoms with E-state index in [9.17, 15) is 9.90 Å². The molecule has 0 aliphatic heterocycles. The molecule has 1 aliphatic rings. The summed E-state index contributed by atoms with van der Waals surface area (Å²) in [5.41, 5.74) is 7.36. The van der Waals surface area contributed by atoms with E-state index in [1.807, 2.05) is 19.1 Å². The highest BCUT2D eigenvalue weighted by molar-refractivity contribution is 5.85. The number of aliphatic carboxylic acids is 1. The minimum atomic E-state index is -0.942. The number of carboxylic acids is 1. The van der Waals surface area contributed by atoms with Gasteiger partial charge in [0, 0.05) is 24.1 Å². The Bertz CT molecular complexity index is 909. The van der Waals surface area contributed by atoms with E-state index in [4.69, 9.17) is 10.1 Å². The first kappa shape index (κ1) is 20.1. The number of carboxylic acid groups (broad SMARTS) is 1. The lowest BCUT2D eigenvalue weighted by Gasteiger charge is -2.22. The minimum absolute atomic E-state index is 0.314. The molecule has 1 saturated carbocycles. The molecule has 1 aromatic carbocycles. The fraction of sp³-hybridized carbons (Fsp3) is 0.417. The Morgan fingerprint density at radius 3 is 2.54 bits per heavy atom. The molecule has 4 heteroatoms. The van der Waals surface area contributed by atoms with Crippen LogP contribution in [0, 0.1) is 20.8 Å². The first-order valence-corrected chi connectivity index (χ1v) is 10.1. The smallest absolute Gasteiger partial charge is 0.328 e. The van der Waals surface area contributed by atoms with Crippen LogP contribution in [0.4, 0.5) is 0 Å². The van der Waals surface area contributed by atoms with Crippen LogP contribution in [0.25, 0.3) is 6.08 Å². The first-order valence-electron chi connectivity index (χ1n) is 10.1. The van der Waals surface area contributed by atoms with Gasteiger partial charge in [-0.25, -0.2) is 4.79 Å². The van der Waals surface area contributed by atoms with E-state index in [2.05, 4.69) is 13.8 Å². The number of rotatable bonds is 5. The average Bonchev–Trinajstić information content (AvgIpc) is 2.68. The van der Waals surface area contributed by atoms with Crippen molar-refractivity contribution in [2.24, 2.45) is 0 Å². The van der Waals surface area contributed by atoms with Gasteiger partial charge >= 0.3 is 5.97 Å². The van der Waals surface area contributed by atoms with E-state index in [1.54, 1.807) is 12.1 Å². The summed E-state index contributed by atoms with van der Waals surface area (Å²) in [5, 5.41) is 19.2. The van der Waals surface area contributed by atoms with Crippen LogP contribution in [0.1, 0.15) is 77.2 Å². The Labute approximate surface area is 167 Å². The molecule has 0 amide bonds. The minimum Gasteiger partial charge on any atom is -0.506 e. The predicted molar refractivity (Wildman–Crippen MR) is 112 cm³/mol. The molecule has 0 unspecified atom stereocenters. The Kier molecular flexibility index (Phi) is 6.18. The molecule has 1 fully saturated rings. The third kappa shape index (κ3) is 4.44. The third-order valence-corrected chi connectivity index (χ3v) is 6.01. The van der Waals surface area contributed by atoms with E-state index in [-0.39, 0.29) is 0 Å². The number of aromatic hydroxyl groups is 1. The van der Waals surface area contributed by atoms with Gasteiger partial charge in [-0.05, 0) is 79.6 Å². The highest BCUT2D eigenvalue weighted by Crippen LogP contribution is 2.36.